The molecule has 1 saturated heterocycles. The second-order valence-corrected chi connectivity index (χ2v) is 6.53. The molecule has 1 fully saturated rings. The second kappa shape index (κ2) is 7.51. The van der Waals surface area contributed by atoms with Crippen LogP contribution in [0.5, 0.6) is 0 Å². The predicted octanol–water partition coefficient (Wildman–Crippen LogP) is 3.26. The van der Waals surface area contributed by atoms with Crippen molar-refractivity contribution < 1.29 is 9.90 Å². The van der Waals surface area contributed by atoms with Crippen molar-refractivity contribution in [3.05, 3.63) is 47.8 Å². The highest BCUT2D eigenvalue weighted by Crippen LogP contribution is 2.25. The van der Waals surface area contributed by atoms with Gasteiger partial charge in [0.15, 0.2) is 0 Å². The van der Waals surface area contributed by atoms with E-state index in [9.17, 15) is 4.79 Å². The number of nitrogens with one attached hydrogen (secondary N) is 1. The molecule has 6 nitrogen and oxygen atoms in total. The summed E-state index contributed by atoms with van der Waals surface area (Å²) in [6, 6.07) is 12.3. The lowest BCUT2D eigenvalue weighted by atomic mass is 9.97. The van der Waals surface area contributed by atoms with E-state index in [1.54, 1.807) is 0 Å². The van der Waals surface area contributed by atoms with E-state index in [2.05, 4.69) is 39.2 Å². The summed E-state index contributed by atoms with van der Waals surface area (Å²) >= 11 is 0. The number of aromatic nitrogens is 2. The van der Waals surface area contributed by atoms with Gasteiger partial charge in [0.25, 0.3) is 0 Å². The maximum Gasteiger partial charge on any atom is 0.306 e. The van der Waals surface area contributed by atoms with Crippen LogP contribution in [0.4, 0.5) is 11.6 Å². The molecule has 1 unspecified atom stereocenters. The number of carboxylic acid groups (broad SMARTS) is 1. The third-order valence-electron chi connectivity index (χ3n) is 4.66. The molecule has 0 saturated carbocycles. The summed E-state index contributed by atoms with van der Waals surface area (Å²) in [6.07, 6.45) is 1.31. The fourth-order valence-corrected chi connectivity index (χ4v) is 3.19. The minimum Gasteiger partial charge on any atom is -0.481 e. The fraction of sp³-hybridized carbons (Fsp3) is 0.421. The summed E-state index contributed by atoms with van der Waals surface area (Å²) in [5.41, 5.74) is 1.20. The standard InChI is InChI=1S/C19H24N4O2/c1-13(15-6-4-3-5-7-15)20-17-12-18(22-14(2)21-17)23-10-8-16(9-11-23)19(24)25/h3-7,12-13,16H,8-11H2,1-2H3,(H,24,25)(H,20,21,22). The van der Waals surface area contributed by atoms with E-state index >= 15 is 0 Å². The quantitative estimate of drug-likeness (QED) is 0.870. The number of piperidine rings is 1. The summed E-state index contributed by atoms with van der Waals surface area (Å²) < 4.78 is 0. The van der Waals surface area contributed by atoms with Crippen molar-refractivity contribution in [1.29, 1.82) is 0 Å². The molecule has 0 amide bonds. The molecule has 1 aromatic carbocycles. The maximum absolute atomic E-state index is 11.1. The fourth-order valence-electron chi connectivity index (χ4n) is 3.19. The molecule has 0 spiro atoms. The minimum absolute atomic E-state index is 0.140. The van der Waals surface area contributed by atoms with E-state index < -0.39 is 5.97 Å². The van der Waals surface area contributed by atoms with Gasteiger partial charge in [-0.15, -0.1) is 0 Å². The highest BCUT2D eigenvalue weighted by Gasteiger charge is 2.25. The van der Waals surface area contributed by atoms with Gasteiger partial charge < -0.3 is 15.3 Å². The van der Waals surface area contributed by atoms with Crippen LogP contribution >= 0.6 is 0 Å². The van der Waals surface area contributed by atoms with Gasteiger partial charge in [0.1, 0.15) is 17.5 Å². The molecule has 3 rings (SSSR count). The number of hydrogen-bond donors (Lipinski definition) is 2. The lowest BCUT2D eigenvalue weighted by molar-refractivity contribution is -0.142. The van der Waals surface area contributed by atoms with Gasteiger partial charge in [-0.1, -0.05) is 30.3 Å². The lowest BCUT2D eigenvalue weighted by Gasteiger charge is -2.31. The number of rotatable bonds is 5. The first-order valence-electron chi connectivity index (χ1n) is 8.68. The van der Waals surface area contributed by atoms with Gasteiger partial charge in [0.05, 0.1) is 5.92 Å². The Morgan fingerprint density at radius 1 is 1.24 bits per heavy atom. The number of hydrogen-bond acceptors (Lipinski definition) is 5. The molecular weight excluding hydrogens is 316 g/mol. The van der Waals surface area contributed by atoms with Crippen LogP contribution in [-0.4, -0.2) is 34.1 Å². The Kier molecular flexibility index (Phi) is 5.16. The third kappa shape index (κ3) is 4.26. The van der Waals surface area contributed by atoms with E-state index in [0.29, 0.717) is 31.8 Å². The number of carboxylic acids is 1. The number of nitrogens with zero attached hydrogens (tertiary/aromatic N) is 3. The van der Waals surface area contributed by atoms with Crippen LogP contribution in [0.25, 0.3) is 0 Å². The average Bonchev–Trinajstić information content (AvgIpc) is 2.62. The normalized spacial score (nSPS) is 16.5. The highest BCUT2D eigenvalue weighted by molar-refractivity contribution is 5.70. The number of anilines is 2. The summed E-state index contributed by atoms with van der Waals surface area (Å²) in [5.74, 6) is 1.42. The Bertz CT molecular complexity index is 727. The van der Waals surface area contributed by atoms with Crippen LogP contribution in [0, 0.1) is 12.8 Å². The Balaban J connectivity index is 1.72. The van der Waals surface area contributed by atoms with Crippen molar-refractivity contribution in [3.8, 4) is 0 Å². The van der Waals surface area contributed by atoms with E-state index in [0.717, 1.165) is 11.6 Å². The maximum atomic E-state index is 11.1. The largest absolute Gasteiger partial charge is 0.481 e. The molecule has 25 heavy (non-hydrogen) atoms. The summed E-state index contributed by atoms with van der Waals surface area (Å²) in [6.45, 7) is 5.40. The second-order valence-electron chi connectivity index (χ2n) is 6.53. The van der Waals surface area contributed by atoms with Gasteiger partial charge in [-0.25, -0.2) is 9.97 Å². The van der Waals surface area contributed by atoms with Crippen molar-refractivity contribution >= 4 is 17.6 Å². The van der Waals surface area contributed by atoms with Crippen LogP contribution in [0.3, 0.4) is 0 Å². The van der Waals surface area contributed by atoms with Crippen LogP contribution in [0.15, 0.2) is 36.4 Å². The van der Waals surface area contributed by atoms with Gasteiger partial charge in [-0.2, -0.15) is 0 Å². The Morgan fingerprint density at radius 3 is 2.56 bits per heavy atom. The number of benzene rings is 1. The molecule has 2 N–H and O–H groups in total. The molecule has 1 aliphatic rings. The first kappa shape index (κ1) is 17.2. The Labute approximate surface area is 147 Å². The van der Waals surface area contributed by atoms with Gasteiger partial charge in [-0.3, -0.25) is 4.79 Å². The molecule has 6 heteroatoms. The van der Waals surface area contributed by atoms with E-state index in [-0.39, 0.29) is 12.0 Å². The van der Waals surface area contributed by atoms with Crippen LogP contribution in [0.2, 0.25) is 0 Å². The smallest absolute Gasteiger partial charge is 0.306 e. The summed E-state index contributed by atoms with van der Waals surface area (Å²) in [7, 11) is 0. The minimum atomic E-state index is -0.697. The molecule has 132 valence electrons. The topological polar surface area (TPSA) is 78.4 Å². The van der Waals surface area contributed by atoms with Crippen LogP contribution in [-0.2, 0) is 4.79 Å². The van der Waals surface area contributed by atoms with Gasteiger partial charge in [0, 0.05) is 25.2 Å². The Morgan fingerprint density at radius 2 is 1.92 bits per heavy atom. The van der Waals surface area contributed by atoms with Crippen molar-refractivity contribution in [3.63, 3.8) is 0 Å². The molecule has 0 bridgehead atoms. The predicted molar refractivity (Wildman–Crippen MR) is 97.8 cm³/mol. The van der Waals surface area contributed by atoms with Gasteiger partial charge in [-0.05, 0) is 32.3 Å². The number of aliphatic carboxylic acids is 1. The zero-order chi connectivity index (χ0) is 17.8. The molecule has 0 radical (unpaired) electrons. The van der Waals surface area contributed by atoms with Crippen molar-refractivity contribution in [2.24, 2.45) is 5.92 Å². The SMILES string of the molecule is Cc1nc(NC(C)c2ccccc2)cc(N2CCC(C(=O)O)CC2)n1. The third-order valence-corrected chi connectivity index (χ3v) is 4.66. The number of carbonyl (C=O) groups is 1. The van der Waals surface area contributed by atoms with E-state index in [1.807, 2.05) is 31.2 Å². The first-order valence-corrected chi connectivity index (χ1v) is 8.68. The first-order chi connectivity index (χ1) is 12.0. The molecular formula is C19H24N4O2. The molecule has 2 heterocycles. The zero-order valence-electron chi connectivity index (χ0n) is 14.6. The zero-order valence-corrected chi connectivity index (χ0v) is 14.6. The summed E-state index contributed by atoms with van der Waals surface area (Å²) in [5, 5.41) is 12.6. The van der Waals surface area contributed by atoms with Crippen molar-refractivity contribution in [1.82, 2.24) is 9.97 Å². The molecule has 1 atom stereocenters. The van der Waals surface area contributed by atoms with E-state index in [4.69, 9.17) is 5.11 Å². The van der Waals surface area contributed by atoms with Gasteiger partial charge in [0.2, 0.25) is 0 Å². The number of aryl methyl sites for hydroxylation is 1. The lowest BCUT2D eigenvalue weighted by Crippen LogP contribution is -2.37. The molecule has 2 aromatic rings. The molecule has 1 aliphatic heterocycles. The van der Waals surface area contributed by atoms with Gasteiger partial charge >= 0.3 is 5.97 Å². The Hall–Kier alpha value is -2.63. The highest BCUT2D eigenvalue weighted by atomic mass is 16.4. The monoisotopic (exact) mass is 340 g/mol. The van der Waals surface area contributed by atoms with Crippen molar-refractivity contribution in [2.45, 2.75) is 32.7 Å². The summed E-state index contributed by atoms with van der Waals surface area (Å²) in [4.78, 5) is 22.3. The molecule has 1 aromatic heterocycles. The average molecular weight is 340 g/mol. The van der Waals surface area contributed by atoms with Crippen LogP contribution < -0.4 is 10.2 Å². The van der Waals surface area contributed by atoms with E-state index in [1.165, 1.54) is 5.56 Å². The molecule has 0 aliphatic carbocycles. The van der Waals surface area contributed by atoms with Crippen LogP contribution in [0.1, 0.15) is 37.2 Å². The van der Waals surface area contributed by atoms with Crippen molar-refractivity contribution in [2.75, 3.05) is 23.3 Å².